The number of ether oxygens (including phenoxy) is 1. The minimum atomic E-state index is -1.15. The average Bonchev–Trinajstić information content (AvgIpc) is 2.41. The second-order valence-corrected chi connectivity index (χ2v) is 4.06. The molecule has 1 heterocycles. The summed E-state index contributed by atoms with van der Waals surface area (Å²) < 4.78 is 5.05. The normalized spacial score (nSPS) is 10.2. The van der Waals surface area contributed by atoms with E-state index < -0.39 is 5.97 Å². The third-order valence-electron chi connectivity index (χ3n) is 2.78. The number of hydrogen-bond acceptors (Lipinski definition) is 3. The molecule has 0 saturated heterocycles. The Morgan fingerprint density at radius 3 is 2.42 bits per heavy atom. The van der Waals surface area contributed by atoms with E-state index >= 15 is 0 Å². The highest BCUT2D eigenvalue weighted by molar-refractivity contribution is 5.85. The number of nitrogens with one attached hydrogen (secondary N) is 1. The SMILES string of the molecule is COc1ccc(Cc2ccc(C(=O)O)[nH]c2=O)cc1. The summed E-state index contributed by atoms with van der Waals surface area (Å²) >= 11 is 0. The van der Waals surface area contributed by atoms with Crippen LogP contribution in [0.15, 0.2) is 41.2 Å². The van der Waals surface area contributed by atoms with Gasteiger partial charge < -0.3 is 14.8 Å². The quantitative estimate of drug-likeness (QED) is 0.875. The van der Waals surface area contributed by atoms with E-state index in [0.717, 1.165) is 11.3 Å². The van der Waals surface area contributed by atoms with Crippen molar-refractivity contribution >= 4 is 5.97 Å². The van der Waals surface area contributed by atoms with Gasteiger partial charge in [-0.05, 0) is 23.8 Å². The number of benzene rings is 1. The Hall–Kier alpha value is -2.56. The molecule has 0 saturated carbocycles. The van der Waals surface area contributed by atoms with Crippen molar-refractivity contribution in [3.8, 4) is 5.75 Å². The van der Waals surface area contributed by atoms with E-state index in [4.69, 9.17) is 9.84 Å². The second-order valence-electron chi connectivity index (χ2n) is 4.06. The van der Waals surface area contributed by atoms with Gasteiger partial charge in [-0.2, -0.15) is 0 Å². The number of aromatic carboxylic acids is 1. The molecule has 5 nitrogen and oxygen atoms in total. The average molecular weight is 259 g/mol. The van der Waals surface area contributed by atoms with Gasteiger partial charge in [0, 0.05) is 12.0 Å². The fourth-order valence-corrected chi connectivity index (χ4v) is 1.73. The van der Waals surface area contributed by atoms with Crippen LogP contribution in [0.25, 0.3) is 0 Å². The maximum Gasteiger partial charge on any atom is 0.352 e. The Bertz CT molecular complexity index is 643. The number of carbonyl (C=O) groups is 1. The lowest BCUT2D eigenvalue weighted by molar-refractivity contribution is 0.0690. The van der Waals surface area contributed by atoms with E-state index in [1.54, 1.807) is 7.11 Å². The lowest BCUT2D eigenvalue weighted by Gasteiger charge is -2.04. The number of hydrogen-bond donors (Lipinski definition) is 2. The molecule has 0 fully saturated rings. The first kappa shape index (κ1) is 12.9. The molecule has 5 heteroatoms. The van der Waals surface area contributed by atoms with E-state index in [1.807, 2.05) is 24.3 Å². The van der Waals surface area contributed by atoms with Crippen LogP contribution < -0.4 is 10.3 Å². The van der Waals surface area contributed by atoms with Gasteiger partial charge in [-0.15, -0.1) is 0 Å². The topological polar surface area (TPSA) is 79.4 Å². The molecule has 0 amide bonds. The second kappa shape index (κ2) is 5.39. The van der Waals surface area contributed by atoms with E-state index in [0.29, 0.717) is 12.0 Å². The third-order valence-corrected chi connectivity index (χ3v) is 2.78. The number of carboxylic acid groups (broad SMARTS) is 1. The van der Waals surface area contributed by atoms with Gasteiger partial charge in [0.15, 0.2) is 0 Å². The zero-order chi connectivity index (χ0) is 13.8. The maximum absolute atomic E-state index is 11.7. The number of H-pyrrole nitrogens is 1. The zero-order valence-corrected chi connectivity index (χ0v) is 10.3. The van der Waals surface area contributed by atoms with Gasteiger partial charge in [-0.3, -0.25) is 4.79 Å². The summed E-state index contributed by atoms with van der Waals surface area (Å²) in [6.45, 7) is 0. The number of aromatic nitrogens is 1. The van der Waals surface area contributed by atoms with E-state index in [1.165, 1.54) is 12.1 Å². The first-order chi connectivity index (χ1) is 9.10. The van der Waals surface area contributed by atoms with Crippen LogP contribution in [0, 0.1) is 0 Å². The summed E-state index contributed by atoms with van der Waals surface area (Å²) in [7, 11) is 1.59. The molecule has 0 aliphatic heterocycles. The molecule has 0 unspecified atom stereocenters. The van der Waals surface area contributed by atoms with Crippen LogP contribution in [0.4, 0.5) is 0 Å². The highest BCUT2D eigenvalue weighted by atomic mass is 16.5. The van der Waals surface area contributed by atoms with Gasteiger partial charge in [0.2, 0.25) is 0 Å². The molecule has 0 aliphatic rings. The smallest absolute Gasteiger partial charge is 0.352 e. The monoisotopic (exact) mass is 259 g/mol. The van der Waals surface area contributed by atoms with Crippen LogP contribution in [0.1, 0.15) is 21.6 Å². The summed E-state index contributed by atoms with van der Waals surface area (Å²) in [4.78, 5) is 24.8. The van der Waals surface area contributed by atoms with Crippen molar-refractivity contribution in [3.63, 3.8) is 0 Å². The molecule has 0 atom stereocenters. The first-order valence-electron chi connectivity index (χ1n) is 5.68. The Morgan fingerprint density at radius 2 is 1.89 bits per heavy atom. The lowest BCUT2D eigenvalue weighted by Crippen LogP contribution is -2.16. The third kappa shape index (κ3) is 3.01. The molecule has 0 spiro atoms. The molecule has 2 aromatic rings. The van der Waals surface area contributed by atoms with Crippen LogP contribution >= 0.6 is 0 Å². The van der Waals surface area contributed by atoms with Gasteiger partial charge in [-0.1, -0.05) is 18.2 Å². The van der Waals surface area contributed by atoms with E-state index in [-0.39, 0.29) is 11.3 Å². The molecule has 2 rings (SSSR count). The first-order valence-corrected chi connectivity index (χ1v) is 5.68. The van der Waals surface area contributed by atoms with Crippen LogP contribution in [-0.2, 0) is 6.42 Å². The predicted molar refractivity (Wildman–Crippen MR) is 69.8 cm³/mol. The highest BCUT2D eigenvalue weighted by Gasteiger charge is 2.07. The summed E-state index contributed by atoms with van der Waals surface area (Å²) in [5, 5.41) is 8.76. The molecule has 2 N–H and O–H groups in total. The largest absolute Gasteiger partial charge is 0.497 e. The molecular weight excluding hydrogens is 246 g/mol. The molecule has 0 bridgehead atoms. The Labute approximate surface area is 109 Å². The number of carboxylic acids is 1. The molecule has 98 valence electrons. The Kier molecular flexibility index (Phi) is 3.66. The fraction of sp³-hybridized carbons (Fsp3) is 0.143. The van der Waals surface area contributed by atoms with Crippen LogP contribution in [0.3, 0.4) is 0 Å². The van der Waals surface area contributed by atoms with Gasteiger partial charge in [0.05, 0.1) is 7.11 Å². The van der Waals surface area contributed by atoms with Crippen molar-refractivity contribution in [1.29, 1.82) is 0 Å². The fourth-order valence-electron chi connectivity index (χ4n) is 1.73. The Balaban J connectivity index is 2.23. The van der Waals surface area contributed by atoms with Crippen LogP contribution in [-0.4, -0.2) is 23.2 Å². The van der Waals surface area contributed by atoms with Crippen molar-refractivity contribution in [1.82, 2.24) is 4.98 Å². The van der Waals surface area contributed by atoms with Gasteiger partial charge in [0.1, 0.15) is 11.4 Å². The van der Waals surface area contributed by atoms with Gasteiger partial charge >= 0.3 is 5.97 Å². The molecule has 0 radical (unpaired) electrons. The summed E-state index contributed by atoms with van der Waals surface area (Å²) in [5.41, 5.74) is 0.990. The predicted octanol–water partition coefficient (Wildman–Crippen LogP) is 1.67. The van der Waals surface area contributed by atoms with Gasteiger partial charge in [0.25, 0.3) is 5.56 Å². The lowest BCUT2D eigenvalue weighted by atomic mass is 10.1. The highest BCUT2D eigenvalue weighted by Crippen LogP contribution is 2.13. The number of pyridine rings is 1. The number of rotatable bonds is 4. The van der Waals surface area contributed by atoms with Crippen molar-refractivity contribution in [3.05, 3.63) is 63.6 Å². The van der Waals surface area contributed by atoms with Crippen LogP contribution in [0.5, 0.6) is 5.75 Å². The minimum absolute atomic E-state index is 0.108. The van der Waals surface area contributed by atoms with E-state index in [9.17, 15) is 9.59 Å². The van der Waals surface area contributed by atoms with E-state index in [2.05, 4.69) is 4.98 Å². The standard InChI is InChI=1S/C14H13NO4/c1-19-11-5-2-9(3-6-11)8-10-4-7-12(14(17)18)15-13(10)16/h2-7H,8H2,1H3,(H,15,16)(H,17,18). The van der Waals surface area contributed by atoms with Crippen molar-refractivity contribution in [2.75, 3.05) is 7.11 Å². The number of aromatic amines is 1. The summed E-state index contributed by atoms with van der Waals surface area (Å²) in [6.07, 6.45) is 0.444. The molecule has 1 aromatic carbocycles. The van der Waals surface area contributed by atoms with Crippen molar-refractivity contribution in [2.45, 2.75) is 6.42 Å². The van der Waals surface area contributed by atoms with Crippen LogP contribution in [0.2, 0.25) is 0 Å². The molecule has 1 aromatic heterocycles. The zero-order valence-electron chi connectivity index (χ0n) is 10.3. The number of methoxy groups -OCH3 is 1. The molecule has 0 aliphatic carbocycles. The molecule has 19 heavy (non-hydrogen) atoms. The van der Waals surface area contributed by atoms with Crippen molar-refractivity contribution < 1.29 is 14.6 Å². The van der Waals surface area contributed by atoms with Crippen molar-refractivity contribution in [2.24, 2.45) is 0 Å². The summed E-state index contributed by atoms with van der Waals surface area (Å²) in [6, 6.07) is 10.3. The minimum Gasteiger partial charge on any atom is -0.497 e. The Morgan fingerprint density at radius 1 is 1.21 bits per heavy atom. The maximum atomic E-state index is 11.7. The molecular formula is C14H13NO4. The van der Waals surface area contributed by atoms with Gasteiger partial charge in [-0.25, -0.2) is 4.79 Å². The summed E-state index contributed by atoms with van der Waals surface area (Å²) in [5.74, 6) is -0.396.